The fourth-order valence-electron chi connectivity index (χ4n) is 5.09. The average molecular weight is 431 g/mol. The van der Waals surface area contributed by atoms with Gasteiger partial charge < -0.3 is 10.2 Å². The lowest BCUT2D eigenvalue weighted by atomic mass is 9.78. The van der Waals surface area contributed by atoms with Gasteiger partial charge in [-0.25, -0.2) is 14.7 Å². The molecule has 2 aromatic rings. The van der Waals surface area contributed by atoms with Crippen LogP contribution in [0, 0.1) is 11.3 Å². The van der Waals surface area contributed by atoms with Crippen LogP contribution < -0.4 is 10.2 Å². The highest BCUT2D eigenvalue weighted by Crippen LogP contribution is 2.33. The second-order valence-corrected chi connectivity index (χ2v) is 8.78. The van der Waals surface area contributed by atoms with Gasteiger partial charge in [-0.15, -0.1) is 0 Å². The number of imide groups is 1. The van der Waals surface area contributed by atoms with Crippen LogP contribution in [0.25, 0.3) is 0 Å². The number of rotatable bonds is 3. The summed E-state index contributed by atoms with van der Waals surface area (Å²) < 4.78 is 0. The van der Waals surface area contributed by atoms with E-state index in [9.17, 15) is 14.9 Å². The van der Waals surface area contributed by atoms with E-state index < -0.39 is 5.54 Å². The van der Waals surface area contributed by atoms with Crippen LogP contribution in [0.5, 0.6) is 0 Å². The summed E-state index contributed by atoms with van der Waals surface area (Å²) in [7, 11) is 0. The van der Waals surface area contributed by atoms with Crippen LogP contribution in [0.4, 0.5) is 10.6 Å². The lowest BCUT2D eigenvalue weighted by Crippen LogP contribution is -2.51. The van der Waals surface area contributed by atoms with Gasteiger partial charge in [0, 0.05) is 38.8 Å². The summed E-state index contributed by atoms with van der Waals surface area (Å²) in [6, 6.07) is 13.6. The van der Waals surface area contributed by atoms with Gasteiger partial charge in [0.1, 0.15) is 17.4 Å². The molecule has 8 heteroatoms. The van der Waals surface area contributed by atoms with Gasteiger partial charge in [-0.1, -0.05) is 24.3 Å². The third kappa shape index (κ3) is 3.59. The number of aryl methyl sites for hydroxylation is 1. The molecule has 0 bridgehead atoms. The van der Waals surface area contributed by atoms with Crippen molar-refractivity contribution < 1.29 is 9.59 Å². The Morgan fingerprint density at radius 3 is 2.75 bits per heavy atom. The SMILES string of the molecule is N#Cc1cccnc1N1CCCN(CN2C(=O)NC3(CCc4ccccc4C3)C2=O)CC1. The predicted octanol–water partition coefficient (Wildman–Crippen LogP) is 1.90. The van der Waals surface area contributed by atoms with E-state index in [1.807, 2.05) is 12.1 Å². The van der Waals surface area contributed by atoms with Crippen LogP contribution in [0.3, 0.4) is 0 Å². The van der Waals surface area contributed by atoms with Crippen molar-refractivity contribution in [3.05, 3.63) is 59.3 Å². The normalized spacial score (nSPS) is 23.6. The number of hydrogen-bond acceptors (Lipinski definition) is 6. The summed E-state index contributed by atoms with van der Waals surface area (Å²) in [5, 5.41) is 12.4. The number of anilines is 1. The van der Waals surface area contributed by atoms with E-state index in [4.69, 9.17) is 0 Å². The van der Waals surface area contributed by atoms with Crippen molar-refractivity contribution in [3.63, 3.8) is 0 Å². The number of carbonyl (C=O) groups is 2. The highest BCUT2D eigenvalue weighted by atomic mass is 16.2. The van der Waals surface area contributed by atoms with Crippen molar-refractivity contribution in [1.29, 1.82) is 5.26 Å². The van der Waals surface area contributed by atoms with Crippen molar-refractivity contribution in [2.24, 2.45) is 0 Å². The van der Waals surface area contributed by atoms with E-state index in [1.165, 1.54) is 10.5 Å². The molecule has 164 valence electrons. The molecule has 1 aromatic carbocycles. The van der Waals surface area contributed by atoms with Crippen LogP contribution in [0.1, 0.15) is 29.5 Å². The number of nitriles is 1. The van der Waals surface area contributed by atoms with E-state index >= 15 is 0 Å². The van der Waals surface area contributed by atoms with E-state index in [-0.39, 0.29) is 18.6 Å². The van der Waals surface area contributed by atoms with E-state index in [0.717, 1.165) is 31.5 Å². The number of hydrogen-bond donors (Lipinski definition) is 1. The molecule has 3 aliphatic rings. The van der Waals surface area contributed by atoms with E-state index in [2.05, 4.69) is 38.3 Å². The molecule has 3 amide bonds. The Hall–Kier alpha value is -3.44. The minimum Gasteiger partial charge on any atom is -0.354 e. The van der Waals surface area contributed by atoms with Gasteiger partial charge in [-0.3, -0.25) is 9.69 Å². The molecule has 0 saturated carbocycles. The lowest BCUT2D eigenvalue weighted by Gasteiger charge is -2.32. The van der Waals surface area contributed by atoms with Gasteiger partial charge in [0.15, 0.2) is 0 Å². The standard InChI is InChI=1S/C24H26N6O2/c25-16-20-7-3-10-26-21(20)29-12-4-11-28(13-14-29)17-30-22(31)24(27-23(30)32)9-8-18-5-1-2-6-19(18)15-24/h1-3,5-7,10H,4,8-9,11-15,17H2,(H,27,32). The van der Waals surface area contributed by atoms with Crippen LogP contribution >= 0.6 is 0 Å². The van der Waals surface area contributed by atoms with Gasteiger partial charge in [-0.2, -0.15) is 5.26 Å². The molecular formula is C24H26N6O2. The van der Waals surface area contributed by atoms with Crippen molar-refractivity contribution in [2.45, 2.75) is 31.2 Å². The topological polar surface area (TPSA) is 92.6 Å². The highest BCUT2D eigenvalue weighted by molar-refractivity contribution is 6.07. The fourth-order valence-corrected chi connectivity index (χ4v) is 5.09. The van der Waals surface area contributed by atoms with Crippen molar-refractivity contribution in [2.75, 3.05) is 37.7 Å². The van der Waals surface area contributed by atoms with Crippen LogP contribution in [0.2, 0.25) is 0 Å². The predicted molar refractivity (Wildman–Crippen MR) is 119 cm³/mol. The maximum absolute atomic E-state index is 13.4. The zero-order valence-corrected chi connectivity index (χ0v) is 18.0. The van der Waals surface area contributed by atoms with Gasteiger partial charge >= 0.3 is 6.03 Å². The molecule has 1 atom stereocenters. The van der Waals surface area contributed by atoms with Crippen molar-refractivity contribution in [3.8, 4) is 6.07 Å². The van der Waals surface area contributed by atoms with Crippen LogP contribution in [0.15, 0.2) is 42.6 Å². The average Bonchev–Trinajstić information content (AvgIpc) is 2.97. The molecule has 1 aromatic heterocycles. The summed E-state index contributed by atoms with van der Waals surface area (Å²) in [6.45, 7) is 3.22. The first-order valence-electron chi connectivity index (χ1n) is 11.1. The maximum Gasteiger partial charge on any atom is 0.326 e. The van der Waals surface area contributed by atoms with E-state index in [1.54, 1.807) is 18.3 Å². The minimum atomic E-state index is -0.820. The number of urea groups is 1. The number of carbonyl (C=O) groups excluding carboxylic acids is 2. The largest absolute Gasteiger partial charge is 0.354 e. The third-order valence-corrected chi connectivity index (χ3v) is 6.81. The van der Waals surface area contributed by atoms with Crippen molar-refractivity contribution in [1.82, 2.24) is 20.1 Å². The highest BCUT2D eigenvalue weighted by Gasteiger charge is 2.52. The molecule has 5 rings (SSSR count). The molecule has 2 saturated heterocycles. The summed E-state index contributed by atoms with van der Waals surface area (Å²) in [6.07, 6.45) is 4.54. The molecule has 8 nitrogen and oxygen atoms in total. The number of aromatic nitrogens is 1. The minimum absolute atomic E-state index is 0.116. The van der Waals surface area contributed by atoms with Crippen molar-refractivity contribution >= 4 is 17.8 Å². The Morgan fingerprint density at radius 2 is 1.91 bits per heavy atom. The molecule has 1 aliphatic carbocycles. The Balaban J connectivity index is 1.26. The number of pyridine rings is 1. The third-order valence-electron chi connectivity index (χ3n) is 6.81. The number of amides is 3. The molecule has 2 aliphatic heterocycles. The zero-order chi connectivity index (χ0) is 22.1. The fraction of sp³-hybridized carbons (Fsp3) is 0.417. The van der Waals surface area contributed by atoms with Gasteiger partial charge in [-0.05, 0) is 42.5 Å². The first kappa shape index (κ1) is 20.5. The Morgan fingerprint density at radius 1 is 1.06 bits per heavy atom. The molecule has 3 heterocycles. The first-order valence-corrected chi connectivity index (χ1v) is 11.1. The maximum atomic E-state index is 13.4. The lowest BCUT2D eigenvalue weighted by molar-refractivity contribution is -0.133. The second kappa shape index (κ2) is 8.24. The molecule has 1 spiro atoms. The molecular weight excluding hydrogens is 404 g/mol. The summed E-state index contributed by atoms with van der Waals surface area (Å²) in [5.74, 6) is 0.585. The van der Waals surface area contributed by atoms with Gasteiger partial charge in [0.25, 0.3) is 5.91 Å². The molecule has 2 fully saturated rings. The molecule has 32 heavy (non-hydrogen) atoms. The number of nitrogens with zero attached hydrogens (tertiary/aromatic N) is 5. The van der Waals surface area contributed by atoms with Crippen LogP contribution in [-0.4, -0.2) is 65.1 Å². The molecule has 1 N–H and O–H groups in total. The monoisotopic (exact) mass is 430 g/mol. The Kier molecular flexibility index (Phi) is 5.27. The smallest absolute Gasteiger partial charge is 0.326 e. The van der Waals surface area contributed by atoms with E-state index in [0.29, 0.717) is 37.3 Å². The Labute approximate surface area is 187 Å². The van der Waals surface area contributed by atoms with Gasteiger partial charge in [0.2, 0.25) is 0 Å². The summed E-state index contributed by atoms with van der Waals surface area (Å²) in [5.41, 5.74) is 2.15. The second-order valence-electron chi connectivity index (χ2n) is 8.78. The first-order chi connectivity index (χ1) is 15.6. The zero-order valence-electron chi connectivity index (χ0n) is 18.0. The van der Waals surface area contributed by atoms with Gasteiger partial charge in [0.05, 0.1) is 12.2 Å². The number of benzene rings is 1. The number of fused-ring (bicyclic) bond motifs is 1. The number of nitrogens with one attached hydrogen (secondary N) is 1. The summed E-state index contributed by atoms with van der Waals surface area (Å²) in [4.78, 5) is 36.2. The Bertz CT molecular complexity index is 1100. The molecule has 0 radical (unpaired) electrons. The van der Waals surface area contributed by atoms with Crippen LogP contribution in [-0.2, 0) is 17.6 Å². The molecule has 1 unspecified atom stereocenters. The quantitative estimate of drug-likeness (QED) is 0.748. The summed E-state index contributed by atoms with van der Waals surface area (Å²) >= 11 is 0.